The summed E-state index contributed by atoms with van der Waals surface area (Å²) in [4.78, 5) is 24.1. The first-order valence-corrected chi connectivity index (χ1v) is 12.1. The van der Waals surface area contributed by atoms with Crippen molar-refractivity contribution in [3.63, 3.8) is 0 Å². The normalized spacial score (nSPS) is 11.8. The maximum atomic E-state index is 13.4. The predicted molar refractivity (Wildman–Crippen MR) is 117 cm³/mol. The molecule has 0 aromatic heterocycles. The highest BCUT2D eigenvalue weighted by molar-refractivity contribution is 9.11. The first kappa shape index (κ1) is 26.0. The molecule has 0 radical (unpaired) electrons. The van der Waals surface area contributed by atoms with Crippen LogP contribution in [0.1, 0.15) is 32.6 Å². The summed E-state index contributed by atoms with van der Waals surface area (Å²) in [5.41, 5.74) is 0. The van der Waals surface area contributed by atoms with Gasteiger partial charge in [-0.3, -0.25) is 0 Å². The van der Waals surface area contributed by atoms with Gasteiger partial charge in [-0.05, 0) is 48.6 Å². The third-order valence-electron chi connectivity index (χ3n) is 4.02. The number of hydrogen-bond donors (Lipinski definition) is 1. The van der Waals surface area contributed by atoms with E-state index in [0.29, 0.717) is 24.0 Å². The Labute approximate surface area is 188 Å². The van der Waals surface area contributed by atoms with Gasteiger partial charge in [-0.2, -0.15) is 4.31 Å². The molecule has 0 aliphatic rings. The Hall–Kier alpha value is -1.01. The standard InChI is InChI=1S/C18H26Br2N2O6S/c1-4-5-6-7-8-22(10-9-21(2)3)29(26,27)15-12-13(19)11-14(20)16(15)28-18(25)17(23)24/h11-12H,4-10H2,1-3H3,(H,23,24). The van der Waals surface area contributed by atoms with Gasteiger partial charge in [0.05, 0.1) is 4.47 Å². The summed E-state index contributed by atoms with van der Waals surface area (Å²) in [7, 11) is -0.365. The summed E-state index contributed by atoms with van der Waals surface area (Å²) in [6.07, 6.45) is 3.62. The van der Waals surface area contributed by atoms with Crippen LogP contribution < -0.4 is 4.74 Å². The van der Waals surface area contributed by atoms with Crippen LogP contribution in [0.2, 0.25) is 0 Å². The Balaban J connectivity index is 3.35. The molecule has 0 aliphatic carbocycles. The fourth-order valence-corrected chi connectivity index (χ4v) is 5.70. The minimum Gasteiger partial charge on any atom is -0.473 e. The number of carboxylic acids is 1. The van der Waals surface area contributed by atoms with Crippen LogP contribution in [0.3, 0.4) is 0 Å². The molecule has 0 aliphatic heterocycles. The predicted octanol–water partition coefficient (Wildman–Crippen LogP) is 3.33. The molecule has 0 amide bonds. The van der Waals surface area contributed by atoms with Gasteiger partial charge in [0.1, 0.15) is 4.90 Å². The summed E-state index contributed by atoms with van der Waals surface area (Å²) in [5, 5.41) is 8.84. The molecule has 0 fully saturated rings. The lowest BCUT2D eigenvalue weighted by molar-refractivity contribution is -0.158. The number of ether oxygens (including phenoxy) is 1. The molecule has 1 aromatic rings. The van der Waals surface area contributed by atoms with Gasteiger partial charge in [0, 0.05) is 24.1 Å². The lowest BCUT2D eigenvalue weighted by atomic mass is 10.2. The van der Waals surface area contributed by atoms with E-state index >= 15 is 0 Å². The van der Waals surface area contributed by atoms with Crippen LogP contribution in [0, 0.1) is 0 Å². The van der Waals surface area contributed by atoms with Crippen molar-refractivity contribution >= 4 is 53.8 Å². The second kappa shape index (κ2) is 12.0. The lowest BCUT2D eigenvalue weighted by Crippen LogP contribution is -2.37. The number of esters is 1. The fraction of sp³-hybridized carbons (Fsp3) is 0.556. The molecule has 164 valence electrons. The highest BCUT2D eigenvalue weighted by Gasteiger charge is 2.31. The van der Waals surface area contributed by atoms with Crippen LogP contribution >= 0.6 is 31.9 Å². The second-order valence-corrected chi connectivity index (χ2v) is 10.4. The summed E-state index contributed by atoms with van der Waals surface area (Å²) >= 11 is 6.40. The fourth-order valence-electron chi connectivity index (χ4n) is 2.48. The zero-order chi connectivity index (χ0) is 22.2. The van der Waals surface area contributed by atoms with Crippen LogP contribution in [0.4, 0.5) is 0 Å². The molecule has 0 unspecified atom stereocenters. The quantitative estimate of drug-likeness (QED) is 0.192. The second-order valence-electron chi connectivity index (χ2n) is 6.68. The molecule has 0 saturated carbocycles. The number of carboxylic acid groups (broad SMARTS) is 1. The third kappa shape index (κ3) is 7.97. The van der Waals surface area contributed by atoms with Crippen LogP contribution in [-0.4, -0.2) is 68.4 Å². The SMILES string of the molecule is CCCCCCN(CCN(C)C)S(=O)(=O)c1cc(Br)cc(Br)c1OC(=O)C(=O)O. The zero-order valence-corrected chi connectivity index (χ0v) is 20.6. The number of hydrogen-bond acceptors (Lipinski definition) is 6. The molecule has 0 spiro atoms. The summed E-state index contributed by atoms with van der Waals surface area (Å²) in [6.45, 7) is 3.14. The Bertz CT molecular complexity index is 830. The Morgan fingerprint density at radius 1 is 1.07 bits per heavy atom. The molecular weight excluding hydrogens is 532 g/mol. The molecule has 29 heavy (non-hydrogen) atoms. The summed E-state index contributed by atoms with van der Waals surface area (Å²) < 4.78 is 33.6. The number of sulfonamides is 1. The number of nitrogens with zero attached hydrogens (tertiary/aromatic N) is 2. The molecule has 1 N–H and O–H groups in total. The topological polar surface area (TPSA) is 104 Å². The maximum absolute atomic E-state index is 13.4. The molecular formula is C18H26Br2N2O6S. The van der Waals surface area contributed by atoms with Crippen molar-refractivity contribution in [1.29, 1.82) is 0 Å². The smallest absolute Gasteiger partial charge is 0.422 e. The first-order chi connectivity index (χ1) is 13.5. The zero-order valence-electron chi connectivity index (χ0n) is 16.7. The average molecular weight is 558 g/mol. The van der Waals surface area contributed by atoms with E-state index in [0.717, 1.165) is 19.3 Å². The highest BCUT2D eigenvalue weighted by atomic mass is 79.9. The van der Waals surface area contributed by atoms with E-state index in [-0.39, 0.29) is 21.7 Å². The molecule has 0 atom stereocenters. The highest BCUT2D eigenvalue weighted by Crippen LogP contribution is 2.37. The minimum absolute atomic E-state index is 0.151. The van der Waals surface area contributed by atoms with Crippen molar-refractivity contribution < 1.29 is 27.9 Å². The number of rotatable bonds is 11. The van der Waals surface area contributed by atoms with Crippen LogP contribution in [-0.2, 0) is 19.6 Å². The number of likely N-dealkylation sites (N-methyl/N-ethyl adjacent to an activating group) is 1. The Morgan fingerprint density at radius 2 is 1.72 bits per heavy atom. The van der Waals surface area contributed by atoms with E-state index in [1.54, 1.807) is 0 Å². The van der Waals surface area contributed by atoms with Crippen LogP contribution in [0.5, 0.6) is 5.75 Å². The number of unbranched alkanes of at least 4 members (excludes halogenated alkanes) is 3. The first-order valence-electron chi connectivity index (χ1n) is 9.09. The van der Waals surface area contributed by atoms with Crippen molar-refractivity contribution in [1.82, 2.24) is 9.21 Å². The largest absolute Gasteiger partial charge is 0.473 e. The van der Waals surface area contributed by atoms with Crippen molar-refractivity contribution in [2.75, 3.05) is 33.7 Å². The number of carbonyl (C=O) groups excluding carboxylic acids is 1. The minimum atomic E-state index is -4.05. The Kier molecular flexibility index (Phi) is 10.8. The monoisotopic (exact) mass is 556 g/mol. The summed E-state index contributed by atoms with van der Waals surface area (Å²) in [6, 6.07) is 2.79. The van der Waals surface area contributed by atoms with Gasteiger partial charge < -0.3 is 14.7 Å². The number of aliphatic carboxylic acids is 1. The van der Waals surface area contributed by atoms with Gasteiger partial charge in [0.2, 0.25) is 10.0 Å². The van der Waals surface area contributed by atoms with E-state index in [9.17, 15) is 18.0 Å². The van der Waals surface area contributed by atoms with Crippen molar-refractivity contribution in [2.24, 2.45) is 0 Å². The molecule has 0 bridgehead atoms. The van der Waals surface area contributed by atoms with Gasteiger partial charge in [0.25, 0.3) is 0 Å². The van der Waals surface area contributed by atoms with Crippen molar-refractivity contribution in [3.8, 4) is 5.75 Å². The van der Waals surface area contributed by atoms with E-state index < -0.39 is 22.0 Å². The van der Waals surface area contributed by atoms with Crippen LogP contribution in [0.25, 0.3) is 0 Å². The van der Waals surface area contributed by atoms with E-state index in [4.69, 9.17) is 9.84 Å². The molecule has 1 rings (SSSR count). The molecule has 0 saturated heterocycles. The molecule has 0 heterocycles. The van der Waals surface area contributed by atoms with Gasteiger partial charge in [-0.15, -0.1) is 0 Å². The average Bonchev–Trinajstić information content (AvgIpc) is 2.62. The van der Waals surface area contributed by atoms with Crippen molar-refractivity contribution in [3.05, 3.63) is 21.1 Å². The lowest BCUT2D eigenvalue weighted by Gasteiger charge is -2.25. The van der Waals surface area contributed by atoms with Crippen LogP contribution in [0.15, 0.2) is 26.0 Å². The Morgan fingerprint density at radius 3 is 2.28 bits per heavy atom. The van der Waals surface area contributed by atoms with E-state index in [2.05, 4.69) is 38.8 Å². The molecule has 11 heteroatoms. The number of carbonyl (C=O) groups is 2. The maximum Gasteiger partial charge on any atom is 0.422 e. The molecule has 8 nitrogen and oxygen atoms in total. The van der Waals surface area contributed by atoms with Crippen molar-refractivity contribution in [2.45, 2.75) is 37.5 Å². The van der Waals surface area contributed by atoms with Gasteiger partial charge in [0.15, 0.2) is 5.75 Å². The number of halogens is 2. The van der Waals surface area contributed by atoms with E-state index in [1.165, 1.54) is 16.4 Å². The third-order valence-corrected chi connectivity index (χ3v) is 6.97. The van der Waals surface area contributed by atoms with Gasteiger partial charge in [-0.25, -0.2) is 18.0 Å². The molecule has 1 aromatic carbocycles. The summed E-state index contributed by atoms with van der Waals surface area (Å²) in [5.74, 6) is -3.72. The van der Waals surface area contributed by atoms with E-state index in [1.807, 2.05) is 19.0 Å². The number of benzene rings is 1. The van der Waals surface area contributed by atoms with Gasteiger partial charge in [-0.1, -0.05) is 42.1 Å². The van der Waals surface area contributed by atoms with Gasteiger partial charge >= 0.3 is 11.9 Å².